The number of likely N-dealkylation sites (N-methyl/N-ethyl adjacent to an activating group) is 1. The zero-order valence-electron chi connectivity index (χ0n) is 11.8. The number of benzene rings is 1. The zero-order chi connectivity index (χ0) is 14.5. The molecule has 4 heteroatoms. The van der Waals surface area contributed by atoms with Crippen molar-refractivity contribution in [3.8, 4) is 0 Å². The molecule has 2 N–H and O–H groups in total. The summed E-state index contributed by atoms with van der Waals surface area (Å²) in [4.78, 5) is 13.4. The van der Waals surface area contributed by atoms with Crippen molar-refractivity contribution in [2.45, 2.75) is 32.3 Å². The van der Waals surface area contributed by atoms with E-state index >= 15 is 0 Å². The molecule has 1 unspecified atom stereocenters. The van der Waals surface area contributed by atoms with E-state index in [0.29, 0.717) is 19.6 Å². The number of carbonyl (C=O) groups is 1. The van der Waals surface area contributed by atoms with Crippen LogP contribution in [0, 0.1) is 0 Å². The molecule has 0 saturated carbocycles. The van der Waals surface area contributed by atoms with Crippen LogP contribution in [0.2, 0.25) is 0 Å². The van der Waals surface area contributed by atoms with Gasteiger partial charge in [0.15, 0.2) is 0 Å². The molecule has 0 amide bonds. The highest BCUT2D eigenvalue weighted by atomic mass is 16.4. The molecule has 0 heterocycles. The minimum absolute atomic E-state index is 0.403. The first-order valence-electron chi connectivity index (χ1n) is 6.56. The summed E-state index contributed by atoms with van der Waals surface area (Å²) < 4.78 is 0. The molecular weight excluding hydrogens is 242 g/mol. The molecule has 0 aromatic heterocycles. The Morgan fingerprint density at radius 3 is 2.32 bits per heavy atom. The van der Waals surface area contributed by atoms with Crippen molar-refractivity contribution >= 4 is 5.97 Å². The van der Waals surface area contributed by atoms with Gasteiger partial charge < -0.3 is 10.2 Å². The van der Waals surface area contributed by atoms with Gasteiger partial charge in [-0.05, 0) is 26.0 Å². The molecule has 4 nitrogen and oxygen atoms in total. The molecule has 106 valence electrons. The maximum atomic E-state index is 11.4. The molecule has 0 fully saturated rings. The quantitative estimate of drug-likeness (QED) is 0.791. The predicted molar refractivity (Wildman–Crippen MR) is 75.2 cm³/mol. The van der Waals surface area contributed by atoms with Gasteiger partial charge >= 0.3 is 5.97 Å². The second kappa shape index (κ2) is 6.68. The number of aliphatic carboxylic acids is 1. The van der Waals surface area contributed by atoms with Crippen molar-refractivity contribution in [2.75, 3.05) is 19.6 Å². The molecule has 19 heavy (non-hydrogen) atoms. The van der Waals surface area contributed by atoms with Gasteiger partial charge in [0.1, 0.15) is 0 Å². The Labute approximate surface area is 114 Å². The third-order valence-corrected chi connectivity index (χ3v) is 3.00. The fourth-order valence-electron chi connectivity index (χ4n) is 2.12. The Morgan fingerprint density at radius 1 is 1.32 bits per heavy atom. The lowest BCUT2D eigenvalue weighted by atomic mass is 9.98. The van der Waals surface area contributed by atoms with Gasteiger partial charge in [0.05, 0.1) is 11.5 Å². The first-order chi connectivity index (χ1) is 8.83. The number of nitrogens with zero attached hydrogens (tertiary/aromatic N) is 1. The Balaban J connectivity index is 2.81. The molecule has 0 aliphatic rings. The maximum absolute atomic E-state index is 11.4. The minimum atomic E-state index is -0.833. The van der Waals surface area contributed by atoms with Crippen molar-refractivity contribution in [2.24, 2.45) is 0 Å². The van der Waals surface area contributed by atoms with Gasteiger partial charge in [-0.15, -0.1) is 0 Å². The topological polar surface area (TPSA) is 60.8 Å². The maximum Gasteiger partial charge on any atom is 0.312 e. The highest BCUT2D eigenvalue weighted by Gasteiger charge is 2.25. The predicted octanol–water partition coefficient (Wildman–Crippen LogP) is 1.95. The van der Waals surface area contributed by atoms with Crippen LogP contribution in [0.1, 0.15) is 32.3 Å². The summed E-state index contributed by atoms with van der Waals surface area (Å²) in [6.45, 7) is 7.00. The lowest BCUT2D eigenvalue weighted by molar-refractivity contribution is -0.139. The Hall–Kier alpha value is -1.39. The van der Waals surface area contributed by atoms with Crippen molar-refractivity contribution in [3.63, 3.8) is 0 Å². The Morgan fingerprint density at radius 2 is 1.89 bits per heavy atom. The van der Waals surface area contributed by atoms with E-state index in [0.717, 1.165) is 5.56 Å². The summed E-state index contributed by atoms with van der Waals surface area (Å²) in [6, 6.07) is 9.22. The molecular formula is C15H23NO3. The smallest absolute Gasteiger partial charge is 0.312 e. The largest absolute Gasteiger partial charge is 0.481 e. The van der Waals surface area contributed by atoms with Gasteiger partial charge in [0.2, 0.25) is 0 Å². The zero-order valence-corrected chi connectivity index (χ0v) is 11.8. The van der Waals surface area contributed by atoms with Gasteiger partial charge in [0.25, 0.3) is 0 Å². The van der Waals surface area contributed by atoms with Gasteiger partial charge in [-0.3, -0.25) is 9.69 Å². The number of carboxylic acids is 1. The summed E-state index contributed by atoms with van der Waals surface area (Å²) in [5.74, 6) is -1.40. The van der Waals surface area contributed by atoms with Crippen LogP contribution in [0.3, 0.4) is 0 Å². The average molecular weight is 265 g/mol. The first-order valence-corrected chi connectivity index (χ1v) is 6.56. The van der Waals surface area contributed by atoms with Crippen molar-refractivity contribution in [3.05, 3.63) is 35.9 Å². The first kappa shape index (κ1) is 15.7. The number of hydrogen-bond donors (Lipinski definition) is 2. The molecule has 1 atom stereocenters. The van der Waals surface area contributed by atoms with Crippen molar-refractivity contribution < 1.29 is 15.0 Å². The van der Waals surface area contributed by atoms with E-state index in [2.05, 4.69) is 0 Å². The van der Waals surface area contributed by atoms with Crippen LogP contribution in [-0.4, -0.2) is 46.3 Å². The van der Waals surface area contributed by atoms with Crippen LogP contribution in [0.5, 0.6) is 0 Å². The molecule has 0 radical (unpaired) electrons. The summed E-state index contributed by atoms with van der Waals surface area (Å²) in [6.07, 6.45) is 0. The van der Waals surface area contributed by atoms with Crippen LogP contribution >= 0.6 is 0 Å². The van der Waals surface area contributed by atoms with E-state index in [1.807, 2.05) is 42.2 Å². The average Bonchev–Trinajstić information content (AvgIpc) is 2.33. The standard InChI is InChI=1S/C15H23NO3/c1-4-16(11-15(2,3)19)10-13(14(17)18)12-8-6-5-7-9-12/h5-9,13,19H,4,10-11H2,1-3H3,(H,17,18). The minimum Gasteiger partial charge on any atom is -0.481 e. The van der Waals surface area contributed by atoms with Gasteiger partial charge in [-0.1, -0.05) is 37.3 Å². The van der Waals surface area contributed by atoms with Gasteiger partial charge in [-0.2, -0.15) is 0 Å². The monoisotopic (exact) mass is 265 g/mol. The Bertz CT molecular complexity index is 398. The van der Waals surface area contributed by atoms with Crippen LogP contribution < -0.4 is 0 Å². The van der Waals surface area contributed by atoms with Crippen LogP contribution in [0.25, 0.3) is 0 Å². The third-order valence-electron chi connectivity index (χ3n) is 3.00. The van der Waals surface area contributed by atoms with E-state index in [1.165, 1.54) is 0 Å². The van der Waals surface area contributed by atoms with E-state index in [9.17, 15) is 15.0 Å². The second-order valence-corrected chi connectivity index (χ2v) is 5.44. The molecule has 1 rings (SSSR count). The Kier molecular flexibility index (Phi) is 5.51. The highest BCUT2D eigenvalue weighted by molar-refractivity contribution is 5.76. The van der Waals surface area contributed by atoms with E-state index in [-0.39, 0.29) is 0 Å². The molecule has 0 saturated heterocycles. The van der Waals surface area contributed by atoms with Crippen LogP contribution in [0.15, 0.2) is 30.3 Å². The molecule has 0 bridgehead atoms. The normalized spacial score (nSPS) is 13.5. The molecule has 0 aliphatic carbocycles. The van der Waals surface area contributed by atoms with Crippen molar-refractivity contribution in [1.82, 2.24) is 4.90 Å². The highest BCUT2D eigenvalue weighted by Crippen LogP contribution is 2.18. The summed E-state index contributed by atoms with van der Waals surface area (Å²) >= 11 is 0. The number of hydrogen-bond acceptors (Lipinski definition) is 3. The fourth-order valence-corrected chi connectivity index (χ4v) is 2.12. The number of carboxylic acid groups (broad SMARTS) is 1. The van der Waals surface area contributed by atoms with Crippen molar-refractivity contribution in [1.29, 1.82) is 0 Å². The molecule has 0 aliphatic heterocycles. The second-order valence-electron chi connectivity index (χ2n) is 5.44. The number of aliphatic hydroxyl groups is 1. The van der Waals surface area contributed by atoms with E-state index in [1.54, 1.807) is 13.8 Å². The third kappa shape index (κ3) is 5.41. The summed E-state index contributed by atoms with van der Waals surface area (Å²) in [5, 5.41) is 19.2. The number of rotatable bonds is 7. The fraction of sp³-hybridized carbons (Fsp3) is 0.533. The molecule has 0 spiro atoms. The SMILES string of the molecule is CCN(CC(C(=O)O)c1ccccc1)CC(C)(C)O. The van der Waals surface area contributed by atoms with E-state index in [4.69, 9.17) is 0 Å². The van der Waals surface area contributed by atoms with Crippen LogP contribution in [0.4, 0.5) is 0 Å². The molecule has 1 aromatic carbocycles. The lowest BCUT2D eigenvalue weighted by Gasteiger charge is -2.30. The summed E-state index contributed by atoms with van der Waals surface area (Å²) in [5.41, 5.74) is -0.0281. The molecule has 1 aromatic rings. The van der Waals surface area contributed by atoms with E-state index < -0.39 is 17.5 Å². The van der Waals surface area contributed by atoms with Gasteiger partial charge in [-0.25, -0.2) is 0 Å². The van der Waals surface area contributed by atoms with Crippen LogP contribution in [-0.2, 0) is 4.79 Å². The van der Waals surface area contributed by atoms with Gasteiger partial charge in [0, 0.05) is 13.1 Å². The summed E-state index contributed by atoms with van der Waals surface area (Å²) in [7, 11) is 0. The lowest BCUT2D eigenvalue weighted by Crippen LogP contribution is -2.41.